The lowest BCUT2D eigenvalue weighted by Gasteiger charge is -2.19. The molecule has 130 valence electrons. The molecular formula is C18H21N5O2. The molecule has 0 spiro atoms. The van der Waals surface area contributed by atoms with Gasteiger partial charge < -0.3 is 20.8 Å². The molecule has 1 aromatic heterocycles. The molecule has 7 heteroatoms. The van der Waals surface area contributed by atoms with Crippen molar-refractivity contribution >= 4 is 5.82 Å². The molecular weight excluding hydrogens is 318 g/mol. The van der Waals surface area contributed by atoms with Crippen molar-refractivity contribution in [2.75, 3.05) is 19.8 Å². The quantitative estimate of drug-likeness (QED) is 0.733. The molecule has 1 fully saturated rings. The third-order valence-electron chi connectivity index (χ3n) is 4.82. The topological polar surface area (TPSA) is 119 Å². The van der Waals surface area contributed by atoms with Gasteiger partial charge in [0.25, 0.3) is 0 Å². The Kier molecular flexibility index (Phi) is 4.47. The maximum atomic E-state index is 10.1. The smallest absolute Gasteiger partial charge is 0.165 e. The fourth-order valence-electron chi connectivity index (χ4n) is 3.40. The Bertz CT molecular complexity index is 844. The molecule has 1 heterocycles. The van der Waals surface area contributed by atoms with E-state index in [-0.39, 0.29) is 29.1 Å². The summed E-state index contributed by atoms with van der Waals surface area (Å²) in [6.07, 6.45) is 2.84. The zero-order valence-electron chi connectivity index (χ0n) is 14.3. The second-order valence-corrected chi connectivity index (χ2v) is 6.63. The van der Waals surface area contributed by atoms with Crippen LogP contribution in [0.5, 0.6) is 11.5 Å². The predicted molar refractivity (Wildman–Crippen MR) is 94.0 cm³/mol. The second kappa shape index (κ2) is 6.57. The zero-order valence-corrected chi connectivity index (χ0v) is 14.3. The van der Waals surface area contributed by atoms with Crippen LogP contribution in [0, 0.1) is 11.3 Å². The monoisotopic (exact) mass is 339 g/mol. The van der Waals surface area contributed by atoms with Gasteiger partial charge >= 0.3 is 0 Å². The molecule has 2 aromatic rings. The summed E-state index contributed by atoms with van der Waals surface area (Å²) in [4.78, 5) is 10.9. The Morgan fingerprint density at radius 3 is 2.64 bits per heavy atom. The van der Waals surface area contributed by atoms with Crippen LogP contribution in [0.15, 0.2) is 18.2 Å². The Morgan fingerprint density at radius 1 is 1.24 bits per heavy atom. The van der Waals surface area contributed by atoms with Gasteiger partial charge in [-0.3, -0.25) is 0 Å². The van der Waals surface area contributed by atoms with Crippen molar-refractivity contribution in [2.45, 2.75) is 31.2 Å². The van der Waals surface area contributed by atoms with Crippen molar-refractivity contribution in [1.82, 2.24) is 14.9 Å². The number of rotatable bonds is 3. The standard InChI is InChI=1S/C18H21N5O2/c1-23(2)11-4-3-10(7-11)16-14(9-19)17(20)22-18(21-16)13-8-12(24)5-6-15(13)25/h5-6,8,10-11,24-25H,3-4,7H2,1-2H3,(H2,20,21,22). The Hall–Kier alpha value is -2.85. The van der Waals surface area contributed by atoms with Crippen molar-refractivity contribution in [3.63, 3.8) is 0 Å². The van der Waals surface area contributed by atoms with Gasteiger partial charge in [0.15, 0.2) is 5.82 Å². The number of phenolic OH excluding ortho intramolecular Hbond substituents is 2. The number of anilines is 1. The highest BCUT2D eigenvalue weighted by atomic mass is 16.3. The summed E-state index contributed by atoms with van der Waals surface area (Å²) in [5.41, 5.74) is 7.20. The van der Waals surface area contributed by atoms with Crippen molar-refractivity contribution < 1.29 is 10.2 Å². The Labute approximate surface area is 146 Å². The molecule has 4 N–H and O–H groups in total. The van der Waals surface area contributed by atoms with Gasteiger partial charge in [0, 0.05) is 12.0 Å². The van der Waals surface area contributed by atoms with Crippen LogP contribution in [-0.4, -0.2) is 45.2 Å². The lowest BCUT2D eigenvalue weighted by atomic mass is 9.98. The highest BCUT2D eigenvalue weighted by Crippen LogP contribution is 2.39. The molecule has 3 rings (SSSR count). The molecule has 2 unspecified atom stereocenters. The maximum Gasteiger partial charge on any atom is 0.165 e. The first-order valence-corrected chi connectivity index (χ1v) is 8.17. The number of nitrogens with two attached hydrogens (primary N) is 1. The lowest BCUT2D eigenvalue weighted by molar-refractivity contribution is 0.296. The summed E-state index contributed by atoms with van der Waals surface area (Å²) < 4.78 is 0. The van der Waals surface area contributed by atoms with E-state index in [1.165, 1.54) is 18.2 Å². The molecule has 1 saturated carbocycles. The third-order valence-corrected chi connectivity index (χ3v) is 4.82. The molecule has 2 atom stereocenters. The molecule has 0 radical (unpaired) electrons. The first-order chi connectivity index (χ1) is 11.9. The van der Waals surface area contributed by atoms with Gasteiger partial charge in [0.05, 0.1) is 11.3 Å². The summed E-state index contributed by atoms with van der Waals surface area (Å²) in [7, 11) is 4.09. The summed E-state index contributed by atoms with van der Waals surface area (Å²) in [5.74, 6) is 0.372. The van der Waals surface area contributed by atoms with Crippen molar-refractivity contribution in [2.24, 2.45) is 0 Å². The van der Waals surface area contributed by atoms with Crippen LogP contribution in [0.2, 0.25) is 0 Å². The van der Waals surface area contributed by atoms with Gasteiger partial charge in [-0.15, -0.1) is 0 Å². The fraction of sp³-hybridized carbons (Fsp3) is 0.389. The van der Waals surface area contributed by atoms with Gasteiger partial charge in [-0.05, 0) is 51.6 Å². The number of nitrogen functional groups attached to an aromatic ring is 1. The van der Waals surface area contributed by atoms with E-state index < -0.39 is 0 Å². The molecule has 0 saturated heterocycles. The first-order valence-electron chi connectivity index (χ1n) is 8.17. The molecule has 0 bridgehead atoms. The summed E-state index contributed by atoms with van der Waals surface area (Å²) in [6, 6.07) is 6.69. The fourth-order valence-corrected chi connectivity index (χ4v) is 3.40. The van der Waals surface area contributed by atoms with E-state index in [0.29, 0.717) is 22.9 Å². The minimum Gasteiger partial charge on any atom is -0.508 e. The van der Waals surface area contributed by atoms with E-state index in [9.17, 15) is 15.5 Å². The maximum absolute atomic E-state index is 10.1. The van der Waals surface area contributed by atoms with Crippen LogP contribution in [0.25, 0.3) is 11.4 Å². The van der Waals surface area contributed by atoms with Crippen molar-refractivity contribution in [3.8, 4) is 29.0 Å². The van der Waals surface area contributed by atoms with Gasteiger partial charge in [-0.25, -0.2) is 9.97 Å². The van der Waals surface area contributed by atoms with E-state index in [1.54, 1.807) is 0 Å². The molecule has 7 nitrogen and oxygen atoms in total. The average molecular weight is 339 g/mol. The number of phenols is 2. The van der Waals surface area contributed by atoms with Crippen LogP contribution in [0.4, 0.5) is 5.82 Å². The van der Waals surface area contributed by atoms with Crippen molar-refractivity contribution in [1.29, 1.82) is 5.26 Å². The van der Waals surface area contributed by atoms with E-state index in [2.05, 4.69) is 20.9 Å². The van der Waals surface area contributed by atoms with Crippen LogP contribution < -0.4 is 5.73 Å². The highest BCUT2D eigenvalue weighted by molar-refractivity contribution is 5.68. The molecule has 1 aromatic carbocycles. The number of hydrogen-bond donors (Lipinski definition) is 3. The van der Waals surface area contributed by atoms with Crippen LogP contribution in [0.1, 0.15) is 36.4 Å². The lowest BCUT2D eigenvalue weighted by Crippen LogP contribution is -2.24. The number of aromatic nitrogens is 2. The Morgan fingerprint density at radius 2 is 2.00 bits per heavy atom. The number of hydrogen-bond acceptors (Lipinski definition) is 7. The first kappa shape index (κ1) is 17.0. The SMILES string of the molecule is CN(C)C1CCC(c2nc(-c3cc(O)ccc3O)nc(N)c2C#N)C1. The minimum absolute atomic E-state index is 0.00517. The van der Waals surface area contributed by atoms with Crippen molar-refractivity contribution in [3.05, 3.63) is 29.5 Å². The van der Waals surface area contributed by atoms with Gasteiger partial charge in [-0.1, -0.05) is 0 Å². The van der Waals surface area contributed by atoms with Gasteiger partial charge in [-0.2, -0.15) is 5.26 Å². The molecule has 0 amide bonds. The highest BCUT2D eigenvalue weighted by Gasteiger charge is 2.31. The van der Waals surface area contributed by atoms with Crippen LogP contribution >= 0.6 is 0 Å². The van der Waals surface area contributed by atoms with E-state index in [1.807, 2.05) is 14.1 Å². The average Bonchev–Trinajstić information content (AvgIpc) is 3.06. The van der Waals surface area contributed by atoms with E-state index in [4.69, 9.17) is 5.73 Å². The van der Waals surface area contributed by atoms with E-state index >= 15 is 0 Å². The summed E-state index contributed by atoms with van der Waals surface area (Å²) >= 11 is 0. The summed E-state index contributed by atoms with van der Waals surface area (Å²) in [6.45, 7) is 0. The number of benzene rings is 1. The summed E-state index contributed by atoms with van der Waals surface area (Å²) in [5, 5.41) is 29.2. The van der Waals surface area contributed by atoms with Crippen LogP contribution in [-0.2, 0) is 0 Å². The predicted octanol–water partition coefficient (Wildman–Crippen LogP) is 2.21. The number of nitrogens with zero attached hydrogens (tertiary/aromatic N) is 4. The van der Waals surface area contributed by atoms with Gasteiger partial charge in [0.1, 0.15) is 28.9 Å². The van der Waals surface area contributed by atoms with Gasteiger partial charge in [0.2, 0.25) is 0 Å². The number of aromatic hydroxyl groups is 2. The normalized spacial score (nSPS) is 19.9. The van der Waals surface area contributed by atoms with Crippen LogP contribution in [0.3, 0.4) is 0 Å². The largest absolute Gasteiger partial charge is 0.508 e. The third kappa shape index (κ3) is 3.21. The minimum atomic E-state index is -0.0505. The second-order valence-electron chi connectivity index (χ2n) is 6.63. The molecule has 0 aliphatic heterocycles. The van der Waals surface area contributed by atoms with E-state index in [0.717, 1.165) is 19.3 Å². The number of nitriles is 1. The molecule has 1 aliphatic rings. The molecule has 25 heavy (non-hydrogen) atoms. The Balaban J connectivity index is 2.08. The zero-order chi connectivity index (χ0) is 18.1. The molecule has 1 aliphatic carbocycles.